The van der Waals surface area contributed by atoms with Crippen molar-refractivity contribution in [2.45, 2.75) is 32.6 Å². The number of hydrogen-bond acceptors (Lipinski definition) is 3. The van der Waals surface area contributed by atoms with Crippen LogP contribution in [0.4, 0.5) is 0 Å². The van der Waals surface area contributed by atoms with Crippen molar-refractivity contribution in [2.24, 2.45) is 17.8 Å². The Morgan fingerprint density at radius 3 is 2.83 bits per heavy atom. The van der Waals surface area contributed by atoms with Gasteiger partial charge in [-0.05, 0) is 43.9 Å². The van der Waals surface area contributed by atoms with Gasteiger partial charge >= 0.3 is 5.97 Å². The second-order valence-corrected chi connectivity index (χ2v) is 5.72. The van der Waals surface area contributed by atoms with Gasteiger partial charge in [0.2, 0.25) is 0 Å². The number of fused-ring (bicyclic) bond motifs is 2. The molecule has 0 amide bonds. The van der Waals surface area contributed by atoms with Gasteiger partial charge in [-0.3, -0.25) is 9.69 Å². The molecule has 0 aromatic rings. The van der Waals surface area contributed by atoms with Gasteiger partial charge in [-0.1, -0.05) is 12.5 Å². The van der Waals surface area contributed by atoms with Crippen molar-refractivity contribution < 1.29 is 9.53 Å². The minimum Gasteiger partial charge on any atom is -0.465 e. The molecule has 0 aliphatic heterocycles. The molecule has 2 fully saturated rings. The third-order valence-corrected chi connectivity index (χ3v) is 4.42. The van der Waals surface area contributed by atoms with E-state index in [9.17, 15) is 4.79 Å². The zero-order valence-electron chi connectivity index (χ0n) is 11.4. The maximum absolute atomic E-state index is 11.6. The Labute approximate surface area is 110 Å². The third kappa shape index (κ3) is 3.35. The number of ether oxygens (including phenoxy) is 1. The van der Waals surface area contributed by atoms with Gasteiger partial charge in [0.15, 0.2) is 0 Å². The topological polar surface area (TPSA) is 29.5 Å². The van der Waals surface area contributed by atoms with E-state index in [0.29, 0.717) is 13.2 Å². The largest absolute Gasteiger partial charge is 0.465 e. The van der Waals surface area contributed by atoms with Gasteiger partial charge in [-0.2, -0.15) is 0 Å². The summed E-state index contributed by atoms with van der Waals surface area (Å²) in [7, 11) is 0. The molecular formula is C15H25NO2. The quantitative estimate of drug-likeness (QED) is 0.514. The average Bonchev–Trinajstić information content (AvgIpc) is 2.91. The van der Waals surface area contributed by atoms with Crippen LogP contribution in [0.25, 0.3) is 0 Å². The Hall–Kier alpha value is -0.830. The van der Waals surface area contributed by atoms with Crippen LogP contribution in [0.5, 0.6) is 0 Å². The molecular weight excluding hydrogens is 226 g/mol. The lowest BCUT2D eigenvalue weighted by Gasteiger charge is -2.28. The van der Waals surface area contributed by atoms with Gasteiger partial charge in [0.1, 0.15) is 0 Å². The van der Waals surface area contributed by atoms with Crippen LogP contribution in [0.15, 0.2) is 12.7 Å². The Balaban J connectivity index is 1.82. The predicted octanol–water partition coefficient (Wildman–Crippen LogP) is 2.47. The van der Waals surface area contributed by atoms with E-state index >= 15 is 0 Å². The van der Waals surface area contributed by atoms with Gasteiger partial charge < -0.3 is 4.74 Å². The highest BCUT2D eigenvalue weighted by molar-refractivity contribution is 5.71. The fourth-order valence-electron chi connectivity index (χ4n) is 3.71. The fraction of sp³-hybridized carbons (Fsp3) is 0.800. The van der Waals surface area contributed by atoms with Crippen molar-refractivity contribution in [3.63, 3.8) is 0 Å². The van der Waals surface area contributed by atoms with Crippen LogP contribution < -0.4 is 0 Å². The highest BCUT2D eigenvalue weighted by Gasteiger charge is 2.39. The van der Waals surface area contributed by atoms with Gasteiger partial charge in [0.25, 0.3) is 0 Å². The van der Waals surface area contributed by atoms with Crippen LogP contribution >= 0.6 is 0 Å². The van der Waals surface area contributed by atoms with Crippen LogP contribution in [0.1, 0.15) is 32.6 Å². The van der Waals surface area contributed by atoms with Crippen LogP contribution in [0.3, 0.4) is 0 Å². The Morgan fingerprint density at radius 1 is 1.44 bits per heavy atom. The minimum absolute atomic E-state index is 0.109. The minimum atomic E-state index is -0.109. The fourth-order valence-corrected chi connectivity index (χ4v) is 3.71. The summed E-state index contributed by atoms with van der Waals surface area (Å²) in [6.07, 6.45) is 7.50. The third-order valence-electron chi connectivity index (χ3n) is 4.42. The average molecular weight is 251 g/mol. The highest BCUT2D eigenvalue weighted by atomic mass is 16.5. The van der Waals surface area contributed by atoms with Crippen molar-refractivity contribution in [1.82, 2.24) is 4.90 Å². The molecule has 3 unspecified atom stereocenters. The number of carbonyl (C=O) groups is 1. The first kappa shape index (κ1) is 13.6. The summed E-state index contributed by atoms with van der Waals surface area (Å²) in [5.41, 5.74) is 0. The Kier molecular flexibility index (Phi) is 4.81. The standard InChI is InChI=1S/C15H25NO2/c1-3-7-16(11-15(17)18-4-2)10-14-9-12-5-6-13(14)8-12/h3,12-14H,1,4-11H2,2H3. The van der Waals surface area contributed by atoms with E-state index in [-0.39, 0.29) is 5.97 Å². The number of esters is 1. The first-order chi connectivity index (χ1) is 8.72. The number of hydrogen-bond donors (Lipinski definition) is 0. The summed E-state index contributed by atoms with van der Waals surface area (Å²) in [5.74, 6) is 2.55. The van der Waals surface area contributed by atoms with E-state index < -0.39 is 0 Å². The predicted molar refractivity (Wildman–Crippen MR) is 72.2 cm³/mol. The lowest BCUT2D eigenvalue weighted by Crippen LogP contribution is -2.36. The molecule has 3 heteroatoms. The summed E-state index contributed by atoms with van der Waals surface area (Å²) in [6, 6.07) is 0. The lowest BCUT2D eigenvalue weighted by atomic mass is 9.88. The summed E-state index contributed by atoms with van der Waals surface area (Å²) < 4.78 is 5.03. The molecule has 2 aliphatic carbocycles. The van der Waals surface area contributed by atoms with Gasteiger partial charge in [-0.15, -0.1) is 6.58 Å². The van der Waals surface area contributed by atoms with Crippen LogP contribution in [-0.4, -0.2) is 37.1 Å². The van der Waals surface area contributed by atoms with Crippen LogP contribution in [-0.2, 0) is 9.53 Å². The van der Waals surface area contributed by atoms with Crippen molar-refractivity contribution in [2.75, 3.05) is 26.2 Å². The molecule has 0 heterocycles. The molecule has 0 aromatic carbocycles. The molecule has 0 spiro atoms. The first-order valence-electron chi connectivity index (χ1n) is 7.21. The number of rotatable bonds is 7. The molecule has 2 rings (SSSR count). The van der Waals surface area contributed by atoms with E-state index in [2.05, 4.69) is 11.5 Å². The molecule has 2 bridgehead atoms. The monoisotopic (exact) mass is 251 g/mol. The van der Waals surface area contributed by atoms with E-state index in [4.69, 9.17) is 4.74 Å². The smallest absolute Gasteiger partial charge is 0.320 e. The molecule has 102 valence electrons. The summed E-state index contributed by atoms with van der Waals surface area (Å²) in [6.45, 7) is 8.33. The molecule has 0 aromatic heterocycles. The van der Waals surface area contributed by atoms with Crippen molar-refractivity contribution in [3.8, 4) is 0 Å². The van der Waals surface area contributed by atoms with Gasteiger partial charge in [-0.25, -0.2) is 0 Å². The molecule has 2 aliphatic rings. The van der Waals surface area contributed by atoms with E-state index in [1.165, 1.54) is 25.7 Å². The highest BCUT2D eigenvalue weighted by Crippen LogP contribution is 2.48. The molecule has 18 heavy (non-hydrogen) atoms. The van der Waals surface area contributed by atoms with E-state index in [1.807, 2.05) is 13.0 Å². The molecule has 3 atom stereocenters. The van der Waals surface area contributed by atoms with Crippen molar-refractivity contribution >= 4 is 5.97 Å². The summed E-state index contributed by atoms with van der Waals surface area (Å²) >= 11 is 0. The van der Waals surface area contributed by atoms with Crippen molar-refractivity contribution in [1.29, 1.82) is 0 Å². The van der Waals surface area contributed by atoms with Crippen LogP contribution in [0.2, 0.25) is 0 Å². The van der Waals surface area contributed by atoms with Crippen LogP contribution in [0, 0.1) is 17.8 Å². The molecule has 3 nitrogen and oxygen atoms in total. The van der Waals surface area contributed by atoms with Crippen molar-refractivity contribution in [3.05, 3.63) is 12.7 Å². The Bertz CT molecular complexity index is 303. The van der Waals surface area contributed by atoms with Gasteiger partial charge in [0.05, 0.1) is 13.2 Å². The zero-order chi connectivity index (χ0) is 13.0. The second-order valence-electron chi connectivity index (χ2n) is 5.72. The molecule has 0 N–H and O–H groups in total. The molecule has 0 saturated heterocycles. The Morgan fingerprint density at radius 2 is 2.28 bits per heavy atom. The first-order valence-corrected chi connectivity index (χ1v) is 7.21. The van der Waals surface area contributed by atoms with E-state index in [1.54, 1.807) is 0 Å². The SMILES string of the molecule is C=CCN(CC(=O)OCC)CC1CC2CCC1C2. The van der Waals surface area contributed by atoms with Gasteiger partial charge in [0, 0.05) is 13.1 Å². The summed E-state index contributed by atoms with van der Waals surface area (Å²) in [5, 5.41) is 0. The number of carbonyl (C=O) groups excluding carboxylic acids is 1. The molecule has 2 saturated carbocycles. The lowest BCUT2D eigenvalue weighted by molar-refractivity contribution is -0.144. The number of nitrogens with zero attached hydrogens (tertiary/aromatic N) is 1. The maximum Gasteiger partial charge on any atom is 0.320 e. The maximum atomic E-state index is 11.6. The normalized spacial score (nSPS) is 29.8. The molecule has 0 radical (unpaired) electrons. The zero-order valence-corrected chi connectivity index (χ0v) is 11.4. The second kappa shape index (κ2) is 6.37. The van der Waals surface area contributed by atoms with E-state index in [0.717, 1.165) is 30.8 Å². The summed E-state index contributed by atoms with van der Waals surface area (Å²) in [4.78, 5) is 13.8.